The molecule has 0 radical (unpaired) electrons. The number of aryl methyl sites for hydroxylation is 1. The van der Waals surface area contributed by atoms with Gasteiger partial charge in [0.1, 0.15) is 0 Å². The minimum Gasteiger partial charge on any atom is -0.354 e. The summed E-state index contributed by atoms with van der Waals surface area (Å²) in [6, 6.07) is 3.69. The van der Waals surface area contributed by atoms with E-state index in [0.717, 1.165) is 0 Å². The van der Waals surface area contributed by atoms with Crippen LogP contribution in [0.3, 0.4) is 0 Å². The standard InChI is InChI=1S/C11H12N2O4/c14-9-3-4-10(15)13(9)17-11(16)5-8-12-6-1-2-7-12/h1-2,6-7H,3-5,8H2. The highest BCUT2D eigenvalue weighted by atomic mass is 16.7. The van der Waals surface area contributed by atoms with Gasteiger partial charge in [-0.25, -0.2) is 4.79 Å². The molecule has 0 N–H and O–H groups in total. The highest BCUT2D eigenvalue weighted by molar-refractivity contribution is 6.01. The number of nitrogens with zero attached hydrogens (tertiary/aromatic N) is 2. The Balaban J connectivity index is 1.81. The van der Waals surface area contributed by atoms with E-state index in [1.807, 2.05) is 29.1 Å². The molecule has 1 aromatic heterocycles. The molecule has 0 spiro atoms. The predicted molar refractivity (Wildman–Crippen MR) is 56.2 cm³/mol. The number of hydroxylamine groups is 2. The van der Waals surface area contributed by atoms with E-state index >= 15 is 0 Å². The van der Waals surface area contributed by atoms with Gasteiger partial charge >= 0.3 is 5.97 Å². The Hall–Kier alpha value is -2.11. The minimum absolute atomic E-state index is 0.115. The summed E-state index contributed by atoms with van der Waals surface area (Å²) in [7, 11) is 0. The quantitative estimate of drug-likeness (QED) is 0.713. The third-order valence-electron chi connectivity index (χ3n) is 2.44. The molecule has 0 bridgehead atoms. The zero-order valence-electron chi connectivity index (χ0n) is 9.17. The molecule has 2 amide bonds. The van der Waals surface area contributed by atoms with E-state index in [1.54, 1.807) is 0 Å². The molecule has 1 saturated heterocycles. The summed E-state index contributed by atoms with van der Waals surface area (Å²) in [6.07, 6.45) is 3.98. The highest BCUT2D eigenvalue weighted by Gasteiger charge is 2.32. The molecule has 1 aliphatic heterocycles. The summed E-state index contributed by atoms with van der Waals surface area (Å²) in [6.45, 7) is 0.460. The van der Waals surface area contributed by atoms with Gasteiger partial charge in [0.15, 0.2) is 0 Å². The number of carbonyl (C=O) groups is 3. The second kappa shape index (κ2) is 4.82. The second-order valence-electron chi connectivity index (χ2n) is 3.72. The molecule has 0 aliphatic carbocycles. The van der Waals surface area contributed by atoms with Crippen LogP contribution in [0.5, 0.6) is 0 Å². The van der Waals surface area contributed by atoms with Crippen molar-refractivity contribution in [2.75, 3.05) is 0 Å². The third kappa shape index (κ3) is 2.72. The molecular formula is C11H12N2O4. The first-order valence-electron chi connectivity index (χ1n) is 5.34. The van der Waals surface area contributed by atoms with Crippen molar-refractivity contribution in [2.45, 2.75) is 25.8 Å². The Bertz CT molecular complexity index is 422. The third-order valence-corrected chi connectivity index (χ3v) is 2.44. The lowest BCUT2D eigenvalue weighted by Crippen LogP contribution is -2.32. The highest BCUT2D eigenvalue weighted by Crippen LogP contribution is 2.12. The summed E-state index contributed by atoms with van der Waals surface area (Å²) >= 11 is 0. The zero-order chi connectivity index (χ0) is 12.3. The average molecular weight is 236 g/mol. The van der Waals surface area contributed by atoms with E-state index < -0.39 is 17.8 Å². The molecule has 1 aromatic rings. The molecule has 17 heavy (non-hydrogen) atoms. The normalized spacial score (nSPS) is 15.4. The van der Waals surface area contributed by atoms with Crippen LogP contribution in [0.2, 0.25) is 0 Å². The van der Waals surface area contributed by atoms with Gasteiger partial charge < -0.3 is 9.40 Å². The summed E-state index contributed by atoms with van der Waals surface area (Å²) < 4.78 is 1.81. The lowest BCUT2D eigenvalue weighted by Gasteiger charge is -2.12. The molecular weight excluding hydrogens is 224 g/mol. The van der Waals surface area contributed by atoms with Gasteiger partial charge in [-0.3, -0.25) is 9.59 Å². The SMILES string of the molecule is O=C(CCn1cccc1)ON1C(=O)CCC1=O. The van der Waals surface area contributed by atoms with Crippen LogP contribution in [0, 0.1) is 0 Å². The van der Waals surface area contributed by atoms with Crippen LogP contribution in [-0.2, 0) is 25.8 Å². The van der Waals surface area contributed by atoms with Crippen LogP contribution in [-0.4, -0.2) is 27.4 Å². The van der Waals surface area contributed by atoms with Crippen molar-refractivity contribution in [1.82, 2.24) is 9.63 Å². The van der Waals surface area contributed by atoms with Gasteiger partial charge in [-0.15, -0.1) is 5.06 Å². The minimum atomic E-state index is -0.581. The van der Waals surface area contributed by atoms with Crippen LogP contribution in [0.25, 0.3) is 0 Å². The van der Waals surface area contributed by atoms with Gasteiger partial charge in [-0.1, -0.05) is 0 Å². The zero-order valence-corrected chi connectivity index (χ0v) is 9.17. The van der Waals surface area contributed by atoms with E-state index in [0.29, 0.717) is 11.6 Å². The van der Waals surface area contributed by atoms with Crippen LogP contribution in [0.15, 0.2) is 24.5 Å². The lowest BCUT2D eigenvalue weighted by molar-refractivity contribution is -0.197. The molecule has 0 atom stereocenters. The molecule has 1 fully saturated rings. The summed E-state index contributed by atoms with van der Waals surface area (Å²) in [5, 5.41) is 0.567. The van der Waals surface area contributed by atoms with Crippen LogP contribution in [0.4, 0.5) is 0 Å². The van der Waals surface area contributed by atoms with Gasteiger partial charge in [0.05, 0.1) is 6.42 Å². The first-order valence-corrected chi connectivity index (χ1v) is 5.34. The molecule has 0 saturated carbocycles. The maximum atomic E-state index is 11.4. The maximum absolute atomic E-state index is 11.4. The average Bonchev–Trinajstić information content (AvgIpc) is 2.91. The van der Waals surface area contributed by atoms with Crippen molar-refractivity contribution >= 4 is 17.8 Å². The lowest BCUT2D eigenvalue weighted by atomic mass is 10.4. The summed E-state index contributed by atoms with van der Waals surface area (Å²) in [4.78, 5) is 38.5. The van der Waals surface area contributed by atoms with Gasteiger partial charge in [0, 0.05) is 31.8 Å². The summed E-state index contributed by atoms with van der Waals surface area (Å²) in [5.74, 6) is -1.49. The fourth-order valence-corrected chi connectivity index (χ4v) is 1.54. The molecule has 2 heterocycles. The van der Waals surface area contributed by atoms with Crippen LogP contribution < -0.4 is 0 Å². The van der Waals surface area contributed by atoms with Crippen molar-refractivity contribution in [3.8, 4) is 0 Å². The number of rotatable bonds is 4. The first-order chi connectivity index (χ1) is 8.16. The van der Waals surface area contributed by atoms with E-state index in [9.17, 15) is 14.4 Å². The van der Waals surface area contributed by atoms with E-state index in [2.05, 4.69) is 0 Å². The fourth-order valence-electron chi connectivity index (χ4n) is 1.54. The Morgan fingerprint density at radius 2 is 1.76 bits per heavy atom. The number of hydrogen-bond donors (Lipinski definition) is 0. The van der Waals surface area contributed by atoms with Crippen molar-refractivity contribution in [2.24, 2.45) is 0 Å². The molecule has 1 aliphatic rings. The van der Waals surface area contributed by atoms with Gasteiger partial charge in [-0.2, -0.15) is 0 Å². The molecule has 90 valence electrons. The Morgan fingerprint density at radius 1 is 1.18 bits per heavy atom. The van der Waals surface area contributed by atoms with Crippen molar-refractivity contribution in [1.29, 1.82) is 0 Å². The topological polar surface area (TPSA) is 68.6 Å². The fraction of sp³-hybridized carbons (Fsp3) is 0.364. The summed E-state index contributed by atoms with van der Waals surface area (Å²) in [5.41, 5.74) is 0. The Morgan fingerprint density at radius 3 is 2.35 bits per heavy atom. The number of carbonyl (C=O) groups excluding carboxylic acids is 3. The van der Waals surface area contributed by atoms with E-state index in [-0.39, 0.29) is 19.3 Å². The van der Waals surface area contributed by atoms with E-state index in [4.69, 9.17) is 4.84 Å². The predicted octanol–water partition coefficient (Wildman–Crippen LogP) is 0.485. The largest absolute Gasteiger partial charge is 0.354 e. The second-order valence-corrected chi connectivity index (χ2v) is 3.72. The molecule has 0 unspecified atom stereocenters. The van der Waals surface area contributed by atoms with Crippen LogP contribution in [0.1, 0.15) is 19.3 Å². The number of aromatic nitrogens is 1. The molecule has 2 rings (SSSR count). The van der Waals surface area contributed by atoms with E-state index in [1.165, 1.54) is 0 Å². The number of amides is 2. The maximum Gasteiger partial charge on any atom is 0.335 e. The molecule has 6 nitrogen and oxygen atoms in total. The number of imide groups is 1. The van der Waals surface area contributed by atoms with Crippen molar-refractivity contribution < 1.29 is 19.2 Å². The molecule has 6 heteroatoms. The van der Waals surface area contributed by atoms with Crippen molar-refractivity contribution in [3.05, 3.63) is 24.5 Å². The number of hydrogen-bond acceptors (Lipinski definition) is 4. The van der Waals surface area contributed by atoms with Crippen molar-refractivity contribution in [3.63, 3.8) is 0 Å². The van der Waals surface area contributed by atoms with Gasteiger partial charge in [0.2, 0.25) is 0 Å². The Labute approximate surface area is 97.7 Å². The van der Waals surface area contributed by atoms with Gasteiger partial charge in [-0.05, 0) is 12.1 Å². The molecule has 0 aromatic carbocycles. The monoisotopic (exact) mass is 236 g/mol. The van der Waals surface area contributed by atoms with Gasteiger partial charge in [0.25, 0.3) is 11.8 Å². The smallest absolute Gasteiger partial charge is 0.335 e. The Kier molecular flexibility index (Phi) is 3.22. The first kappa shape index (κ1) is 11.4. The van der Waals surface area contributed by atoms with Crippen LogP contribution >= 0.6 is 0 Å².